The highest BCUT2D eigenvalue weighted by Crippen LogP contribution is 2.23. The second kappa shape index (κ2) is 16.8. The lowest BCUT2D eigenvalue weighted by Gasteiger charge is -2.31. The van der Waals surface area contributed by atoms with Crippen LogP contribution in [0.2, 0.25) is 0 Å². The molecule has 1 rings (SSSR count). The molecule has 0 bridgehead atoms. The smallest absolute Gasteiger partial charge is 0.114 e. The fourth-order valence-electron chi connectivity index (χ4n) is 4.00. The molecule has 0 aliphatic rings. The molecule has 0 aliphatic heterocycles. The molecule has 3 nitrogen and oxygen atoms in total. The van der Waals surface area contributed by atoms with E-state index >= 15 is 0 Å². The molecule has 0 aliphatic carbocycles. The van der Waals surface area contributed by atoms with E-state index in [0.29, 0.717) is 12.8 Å². The molecule has 0 amide bonds. The van der Waals surface area contributed by atoms with Crippen molar-refractivity contribution in [3.63, 3.8) is 0 Å². The summed E-state index contributed by atoms with van der Waals surface area (Å²) in [7, 11) is 0. The Balaban J connectivity index is 2.02. The number of hydrogen-bond donors (Lipinski definition) is 3. The number of benzene rings is 1. The molecule has 0 spiro atoms. The molecule has 168 valence electrons. The lowest BCUT2D eigenvalue weighted by molar-refractivity contribution is -0.110. The molecule has 2 atom stereocenters. The molecule has 2 unspecified atom stereocenters. The summed E-state index contributed by atoms with van der Waals surface area (Å²) in [6, 6.07) is 9.66. The molecule has 29 heavy (non-hydrogen) atoms. The minimum atomic E-state index is -1.40. The van der Waals surface area contributed by atoms with Crippen molar-refractivity contribution < 1.29 is 15.3 Å². The van der Waals surface area contributed by atoms with Gasteiger partial charge in [0.2, 0.25) is 0 Å². The Morgan fingerprint density at radius 2 is 1.17 bits per heavy atom. The van der Waals surface area contributed by atoms with Crippen LogP contribution < -0.4 is 0 Å². The first-order valence-electron chi connectivity index (χ1n) is 12.2. The standard InChI is InChI=1S/C26H46O3/c1-2-3-4-5-6-7-8-9-10-11-12-13-14-18-21-26(29,23-27)25(28)22-24-19-16-15-17-20-24/h15-17,19-20,25,27-29H,2-14,18,21-23H2,1H3. The Bertz CT molecular complexity index is 476. The van der Waals surface area contributed by atoms with Crippen LogP contribution in [0, 0.1) is 0 Å². The van der Waals surface area contributed by atoms with Gasteiger partial charge in [0.25, 0.3) is 0 Å². The molecule has 1 aromatic rings. The van der Waals surface area contributed by atoms with Crippen molar-refractivity contribution in [3.05, 3.63) is 35.9 Å². The van der Waals surface area contributed by atoms with Crippen LogP contribution in [0.4, 0.5) is 0 Å². The van der Waals surface area contributed by atoms with E-state index in [1.54, 1.807) is 0 Å². The van der Waals surface area contributed by atoms with Crippen molar-refractivity contribution in [1.29, 1.82) is 0 Å². The van der Waals surface area contributed by atoms with Crippen LogP contribution in [0.5, 0.6) is 0 Å². The van der Waals surface area contributed by atoms with Gasteiger partial charge >= 0.3 is 0 Å². The number of aliphatic hydroxyl groups is 3. The third-order valence-corrected chi connectivity index (χ3v) is 6.13. The van der Waals surface area contributed by atoms with Gasteiger partial charge < -0.3 is 15.3 Å². The zero-order chi connectivity index (χ0) is 21.2. The summed E-state index contributed by atoms with van der Waals surface area (Å²) < 4.78 is 0. The molecule has 0 fully saturated rings. The first-order chi connectivity index (χ1) is 14.1. The van der Waals surface area contributed by atoms with Gasteiger partial charge in [-0.15, -0.1) is 0 Å². The molecular weight excluding hydrogens is 360 g/mol. The third kappa shape index (κ3) is 12.4. The van der Waals surface area contributed by atoms with Crippen LogP contribution in [-0.2, 0) is 6.42 Å². The Hall–Kier alpha value is -0.900. The van der Waals surface area contributed by atoms with Crippen LogP contribution in [-0.4, -0.2) is 33.6 Å². The van der Waals surface area contributed by atoms with Gasteiger partial charge in [-0.2, -0.15) is 0 Å². The SMILES string of the molecule is CCCCCCCCCCCCCCCCC(O)(CO)C(O)Cc1ccccc1. The maximum atomic E-state index is 10.6. The first kappa shape index (κ1) is 26.1. The van der Waals surface area contributed by atoms with E-state index in [0.717, 1.165) is 18.4 Å². The lowest BCUT2D eigenvalue weighted by atomic mass is 9.87. The summed E-state index contributed by atoms with van der Waals surface area (Å²) in [6.45, 7) is 1.88. The summed E-state index contributed by atoms with van der Waals surface area (Å²) in [5, 5.41) is 30.7. The predicted molar refractivity (Wildman–Crippen MR) is 123 cm³/mol. The van der Waals surface area contributed by atoms with Crippen molar-refractivity contribution in [1.82, 2.24) is 0 Å². The molecule has 0 aromatic heterocycles. The average molecular weight is 407 g/mol. The Kier molecular flexibility index (Phi) is 15.2. The van der Waals surface area contributed by atoms with E-state index < -0.39 is 11.7 Å². The molecule has 3 N–H and O–H groups in total. The van der Waals surface area contributed by atoms with Crippen molar-refractivity contribution in [2.75, 3.05) is 6.61 Å². The highest BCUT2D eigenvalue weighted by atomic mass is 16.4. The molecule has 0 heterocycles. The van der Waals surface area contributed by atoms with Crippen molar-refractivity contribution in [2.45, 2.75) is 121 Å². The zero-order valence-corrected chi connectivity index (χ0v) is 18.8. The first-order valence-corrected chi connectivity index (χ1v) is 12.2. The third-order valence-electron chi connectivity index (χ3n) is 6.13. The quantitative estimate of drug-likeness (QED) is 0.240. The molecule has 0 saturated heterocycles. The van der Waals surface area contributed by atoms with Gasteiger partial charge in [-0.05, 0) is 12.0 Å². The number of unbranched alkanes of at least 4 members (excludes halogenated alkanes) is 13. The Morgan fingerprint density at radius 3 is 1.62 bits per heavy atom. The molecular formula is C26H46O3. The maximum Gasteiger partial charge on any atom is 0.114 e. The van der Waals surface area contributed by atoms with E-state index in [1.165, 1.54) is 77.0 Å². The Morgan fingerprint density at radius 1 is 0.724 bits per heavy atom. The minimum absolute atomic E-state index is 0.372. The summed E-state index contributed by atoms with van der Waals surface area (Å²) >= 11 is 0. The predicted octanol–water partition coefficient (Wildman–Crippen LogP) is 6.18. The van der Waals surface area contributed by atoms with Crippen LogP contribution in [0.15, 0.2) is 30.3 Å². The zero-order valence-electron chi connectivity index (χ0n) is 18.8. The van der Waals surface area contributed by atoms with Crippen LogP contribution in [0.1, 0.15) is 109 Å². The van der Waals surface area contributed by atoms with Gasteiger partial charge in [0.15, 0.2) is 0 Å². The largest absolute Gasteiger partial charge is 0.393 e. The highest BCUT2D eigenvalue weighted by molar-refractivity contribution is 5.16. The normalized spacial score (nSPS) is 14.6. The number of rotatable bonds is 19. The lowest BCUT2D eigenvalue weighted by Crippen LogP contribution is -2.46. The molecule has 3 heteroatoms. The van der Waals surface area contributed by atoms with Crippen molar-refractivity contribution >= 4 is 0 Å². The van der Waals surface area contributed by atoms with Crippen LogP contribution in [0.3, 0.4) is 0 Å². The van der Waals surface area contributed by atoms with Gasteiger partial charge in [-0.25, -0.2) is 0 Å². The monoisotopic (exact) mass is 406 g/mol. The fraction of sp³-hybridized carbons (Fsp3) is 0.769. The topological polar surface area (TPSA) is 60.7 Å². The fourth-order valence-corrected chi connectivity index (χ4v) is 4.00. The highest BCUT2D eigenvalue weighted by Gasteiger charge is 2.34. The van der Waals surface area contributed by atoms with Gasteiger partial charge in [0.1, 0.15) is 5.60 Å². The summed E-state index contributed by atoms with van der Waals surface area (Å²) in [5.41, 5.74) is -0.416. The molecule has 1 aromatic carbocycles. The van der Waals surface area contributed by atoms with E-state index in [4.69, 9.17) is 0 Å². The van der Waals surface area contributed by atoms with E-state index in [1.807, 2.05) is 30.3 Å². The summed E-state index contributed by atoms with van der Waals surface area (Å²) in [6.07, 6.45) is 17.9. The van der Waals surface area contributed by atoms with Gasteiger partial charge in [-0.1, -0.05) is 127 Å². The second-order valence-corrected chi connectivity index (χ2v) is 8.81. The summed E-state index contributed by atoms with van der Waals surface area (Å²) in [4.78, 5) is 0. The molecule has 0 radical (unpaired) electrons. The Labute approximate surface area is 179 Å². The summed E-state index contributed by atoms with van der Waals surface area (Å²) in [5.74, 6) is 0. The number of hydrogen-bond acceptors (Lipinski definition) is 3. The van der Waals surface area contributed by atoms with Crippen molar-refractivity contribution in [3.8, 4) is 0 Å². The maximum absolute atomic E-state index is 10.6. The minimum Gasteiger partial charge on any atom is -0.393 e. The molecule has 0 saturated carbocycles. The van der Waals surface area contributed by atoms with Crippen molar-refractivity contribution in [2.24, 2.45) is 0 Å². The van der Waals surface area contributed by atoms with Crippen LogP contribution in [0.25, 0.3) is 0 Å². The van der Waals surface area contributed by atoms with Gasteiger partial charge in [0, 0.05) is 6.42 Å². The van der Waals surface area contributed by atoms with Crippen LogP contribution >= 0.6 is 0 Å². The van der Waals surface area contributed by atoms with E-state index in [9.17, 15) is 15.3 Å². The average Bonchev–Trinajstić information content (AvgIpc) is 2.74. The van der Waals surface area contributed by atoms with Gasteiger partial charge in [0.05, 0.1) is 12.7 Å². The van der Waals surface area contributed by atoms with E-state index in [-0.39, 0.29) is 6.61 Å². The second-order valence-electron chi connectivity index (χ2n) is 8.81. The number of aliphatic hydroxyl groups excluding tert-OH is 2. The van der Waals surface area contributed by atoms with E-state index in [2.05, 4.69) is 6.92 Å². The van der Waals surface area contributed by atoms with Gasteiger partial charge in [-0.3, -0.25) is 0 Å².